The molecule has 0 saturated carbocycles. The van der Waals surface area contributed by atoms with Crippen molar-refractivity contribution in [1.29, 1.82) is 0 Å². The molecule has 0 fully saturated rings. The number of alkyl halides is 1. The Hall–Kier alpha value is -3.03. The van der Waals surface area contributed by atoms with E-state index in [4.69, 9.17) is 5.73 Å². The molecule has 1 atom stereocenters. The number of halogens is 1. The number of hydrogen-bond acceptors (Lipinski definition) is 5. The number of nitrogens with two attached hydrogens (primary N) is 1. The Labute approximate surface area is 213 Å². The molecule has 1 aliphatic heterocycles. The molecule has 2 N–H and O–H groups in total. The molecule has 0 aromatic carbocycles. The summed E-state index contributed by atoms with van der Waals surface area (Å²) in [5, 5.41) is 6.26. The lowest BCUT2D eigenvalue weighted by Gasteiger charge is -2.23. The van der Waals surface area contributed by atoms with Gasteiger partial charge in [0.1, 0.15) is 18.3 Å². The summed E-state index contributed by atoms with van der Waals surface area (Å²) in [5.41, 5.74) is 8.83. The third kappa shape index (κ3) is 15.5. The van der Waals surface area contributed by atoms with E-state index in [1.165, 1.54) is 18.7 Å². The minimum atomic E-state index is -0.963. The molecule has 1 aliphatic rings. The molecule has 0 spiro atoms. The molecule has 35 heavy (non-hydrogen) atoms. The number of aromatic nitrogens is 2. The van der Waals surface area contributed by atoms with Gasteiger partial charge in [-0.1, -0.05) is 67.5 Å². The zero-order valence-corrected chi connectivity index (χ0v) is 23.4. The van der Waals surface area contributed by atoms with Gasteiger partial charge in [0.2, 0.25) is 0 Å². The van der Waals surface area contributed by atoms with E-state index < -0.39 is 6.17 Å². The molecular formula is C27H48FN7. The Kier molecular flexibility index (Phi) is 21.0. The van der Waals surface area contributed by atoms with Crippen molar-refractivity contribution < 1.29 is 4.39 Å². The van der Waals surface area contributed by atoms with Crippen LogP contribution >= 0.6 is 0 Å². The van der Waals surface area contributed by atoms with Gasteiger partial charge in [-0.2, -0.15) is 5.10 Å². The van der Waals surface area contributed by atoms with Crippen LogP contribution in [-0.2, 0) is 6.54 Å². The molecular weight excluding hydrogens is 441 g/mol. The monoisotopic (exact) mass is 489 g/mol. The van der Waals surface area contributed by atoms with Gasteiger partial charge in [-0.15, -0.1) is 0 Å². The third-order valence-electron chi connectivity index (χ3n) is 4.46. The van der Waals surface area contributed by atoms with Gasteiger partial charge < -0.3 is 10.3 Å². The molecule has 198 valence electrons. The fraction of sp³-hybridized carbons (Fsp3) is 0.556. The summed E-state index contributed by atoms with van der Waals surface area (Å²) < 4.78 is 14.4. The van der Waals surface area contributed by atoms with Crippen molar-refractivity contribution in [2.45, 2.75) is 87.9 Å². The maximum absolute atomic E-state index is 12.3. The number of aliphatic imine (C=N–C) groups is 2. The van der Waals surface area contributed by atoms with Gasteiger partial charge in [0.05, 0.1) is 25.1 Å². The van der Waals surface area contributed by atoms with Crippen LogP contribution in [0.5, 0.6) is 0 Å². The van der Waals surface area contributed by atoms with Gasteiger partial charge in [-0.05, 0) is 31.9 Å². The van der Waals surface area contributed by atoms with E-state index in [2.05, 4.69) is 33.6 Å². The third-order valence-corrected chi connectivity index (χ3v) is 4.46. The number of imidazole rings is 1. The Balaban J connectivity index is 0. The van der Waals surface area contributed by atoms with E-state index in [-0.39, 0.29) is 5.92 Å². The standard InChI is InChI=1S/C15H24N6.C8H12FN.2C2H6/c1-4-5-13-8-21(19-15(16)12(2)3)11-18-14(13)9-20-7-6-17-10-20;1-4-5-6-10-8(3)7(2)9;2*1-2/h6-7,10-12H,4-5,8-9H2,1-3H3,(H2,16,19);4-7H,1H2,2-3H3;2*1-2H3/b;6-5-,10-8?;;. The van der Waals surface area contributed by atoms with Crippen molar-refractivity contribution in [2.75, 3.05) is 6.54 Å². The molecule has 2 heterocycles. The molecule has 2 rings (SSSR count). The highest BCUT2D eigenvalue weighted by molar-refractivity contribution is 5.86. The average molecular weight is 490 g/mol. The molecule has 0 amide bonds. The zero-order valence-electron chi connectivity index (χ0n) is 23.4. The van der Waals surface area contributed by atoms with Crippen LogP contribution in [0.25, 0.3) is 0 Å². The van der Waals surface area contributed by atoms with E-state index in [1.807, 2.05) is 63.6 Å². The fourth-order valence-corrected chi connectivity index (χ4v) is 2.44. The molecule has 0 aliphatic carbocycles. The molecule has 0 bridgehead atoms. The lowest BCUT2D eigenvalue weighted by atomic mass is 10.1. The highest BCUT2D eigenvalue weighted by atomic mass is 19.1. The smallest absolute Gasteiger partial charge is 0.135 e. The van der Waals surface area contributed by atoms with Gasteiger partial charge in [0, 0.05) is 30.2 Å². The second-order valence-electron chi connectivity index (χ2n) is 7.52. The number of amidine groups is 1. The average Bonchev–Trinajstić information content (AvgIpc) is 3.37. The van der Waals surface area contributed by atoms with Crippen LogP contribution in [0.2, 0.25) is 0 Å². The number of rotatable bonds is 9. The fourth-order valence-electron chi connectivity index (χ4n) is 2.44. The van der Waals surface area contributed by atoms with Crippen LogP contribution in [0, 0.1) is 5.92 Å². The molecule has 7 nitrogen and oxygen atoms in total. The second kappa shape index (κ2) is 21.5. The van der Waals surface area contributed by atoms with Crippen LogP contribution in [0.15, 0.2) is 70.0 Å². The lowest BCUT2D eigenvalue weighted by Crippen LogP contribution is -2.29. The van der Waals surface area contributed by atoms with Gasteiger partial charge in [0.15, 0.2) is 0 Å². The zero-order chi connectivity index (χ0) is 27.2. The van der Waals surface area contributed by atoms with Gasteiger partial charge in [-0.25, -0.2) is 19.4 Å². The number of allylic oxidation sites excluding steroid dienone is 3. The van der Waals surface area contributed by atoms with Crippen LogP contribution in [-0.4, -0.2) is 45.2 Å². The minimum absolute atomic E-state index is 0.240. The molecule has 0 radical (unpaired) electrons. The predicted octanol–water partition coefficient (Wildman–Crippen LogP) is 6.77. The predicted molar refractivity (Wildman–Crippen MR) is 152 cm³/mol. The molecule has 1 aromatic heterocycles. The Morgan fingerprint density at radius 3 is 2.40 bits per heavy atom. The Morgan fingerprint density at radius 2 is 1.91 bits per heavy atom. The second-order valence-corrected chi connectivity index (χ2v) is 7.52. The first-order chi connectivity index (χ1) is 16.8. The normalized spacial score (nSPS) is 14.5. The Bertz CT molecular complexity index is 817. The summed E-state index contributed by atoms with van der Waals surface area (Å²) in [6, 6.07) is 0. The number of hydrazone groups is 1. The quantitative estimate of drug-likeness (QED) is 0.236. The van der Waals surface area contributed by atoms with Crippen molar-refractivity contribution >= 4 is 17.9 Å². The summed E-state index contributed by atoms with van der Waals surface area (Å²) in [6.07, 6.45) is 13.2. The van der Waals surface area contributed by atoms with Gasteiger partial charge in [0.25, 0.3) is 0 Å². The SMILES string of the molecule is C=C/C=C\N=C(C)C(C)F.CC.CC.CCCC1=C(Cn2ccnc2)N=CN(/N=C(\N)C(C)C)C1. The first-order valence-corrected chi connectivity index (χ1v) is 12.6. The van der Waals surface area contributed by atoms with Crippen LogP contribution in [0.4, 0.5) is 4.39 Å². The van der Waals surface area contributed by atoms with Crippen molar-refractivity contribution in [2.24, 2.45) is 26.7 Å². The summed E-state index contributed by atoms with van der Waals surface area (Å²) >= 11 is 0. The van der Waals surface area contributed by atoms with Gasteiger partial charge in [-0.3, -0.25) is 4.99 Å². The highest BCUT2D eigenvalue weighted by Crippen LogP contribution is 2.19. The molecule has 1 aromatic rings. The topological polar surface area (TPSA) is 84.2 Å². The van der Waals surface area contributed by atoms with Crippen molar-refractivity contribution in [1.82, 2.24) is 14.6 Å². The summed E-state index contributed by atoms with van der Waals surface area (Å²) in [7, 11) is 0. The minimum Gasteiger partial charge on any atom is -0.385 e. The molecule has 0 saturated heterocycles. The van der Waals surface area contributed by atoms with E-state index in [1.54, 1.807) is 31.6 Å². The van der Waals surface area contributed by atoms with Crippen molar-refractivity contribution in [3.05, 3.63) is 54.9 Å². The number of hydrogen-bond donors (Lipinski definition) is 1. The largest absolute Gasteiger partial charge is 0.385 e. The van der Waals surface area contributed by atoms with Crippen LogP contribution in [0.1, 0.15) is 75.2 Å². The first-order valence-electron chi connectivity index (χ1n) is 12.6. The van der Waals surface area contributed by atoms with E-state index in [0.717, 1.165) is 31.6 Å². The summed E-state index contributed by atoms with van der Waals surface area (Å²) in [6.45, 7) is 22.3. The van der Waals surface area contributed by atoms with Crippen molar-refractivity contribution in [3.8, 4) is 0 Å². The van der Waals surface area contributed by atoms with E-state index >= 15 is 0 Å². The molecule has 1 unspecified atom stereocenters. The summed E-state index contributed by atoms with van der Waals surface area (Å²) in [4.78, 5) is 12.4. The van der Waals surface area contributed by atoms with Crippen molar-refractivity contribution in [3.63, 3.8) is 0 Å². The van der Waals surface area contributed by atoms with E-state index in [9.17, 15) is 4.39 Å². The first kappa shape index (κ1) is 34.1. The maximum Gasteiger partial charge on any atom is 0.135 e. The summed E-state index contributed by atoms with van der Waals surface area (Å²) in [5.74, 6) is 0.875. The Morgan fingerprint density at radius 1 is 1.26 bits per heavy atom. The number of nitrogens with zero attached hydrogens (tertiary/aromatic N) is 6. The maximum atomic E-state index is 12.3. The van der Waals surface area contributed by atoms with Crippen LogP contribution < -0.4 is 5.73 Å². The highest BCUT2D eigenvalue weighted by Gasteiger charge is 2.15. The van der Waals surface area contributed by atoms with E-state index in [0.29, 0.717) is 11.5 Å². The lowest BCUT2D eigenvalue weighted by molar-refractivity contribution is 0.453. The molecule has 8 heteroatoms. The van der Waals surface area contributed by atoms with Crippen LogP contribution in [0.3, 0.4) is 0 Å². The van der Waals surface area contributed by atoms with Gasteiger partial charge >= 0.3 is 0 Å².